The van der Waals surface area contributed by atoms with Crippen molar-refractivity contribution in [2.75, 3.05) is 5.75 Å². The maximum atomic E-state index is 4.10. The van der Waals surface area contributed by atoms with E-state index in [0.717, 1.165) is 29.7 Å². The highest BCUT2D eigenvalue weighted by Gasteiger charge is 2.06. The van der Waals surface area contributed by atoms with Gasteiger partial charge in [-0.3, -0.25) is 0 Å². The van der Waals surface area contributed by atoms with E-state index in [1.54, 1.807) is 11.8 Å². The molecule has 0 aliphatic rings. The highest BCUT2D eigenvalue weighted by molar-refractivity contribution is 7.99. The van der Waals surface area contributed by atoms with Crippen molar-refractivity contribution in [2.45, 2.75) is 32.0 Å². The van der Waals surface area contributed by atoms with Gasteiger partial charge < -0.3 is 4.57 Å². The first-order chi connectivity index (χ1) is 6.29. The van der Waals surface area contributed by atoms with Gasteiger partial charge in [-0.15, -0.1) is 16.8 Å². The van der Waals surface area contributed by atoms with Crippen molar-refractivity contribution >= 4 is 11.8 Å². The summed E-state index contributed by atoms with van der Waals surface area (Å²) in [4.78, 5) is 0. The normalized spacial score (nSPS) is 10.3. The predicted molar refractivity (Wildman–Crippen MR) is 56.0 cm³/mol. The van der Waals surface area contributed by atoms with Gasteiger partial charge in [-0.1, -0.05) is 24.8 Å². The summed E-state index contributed by atoms with van der Waals surface area (Å²) < 4.78 is 2.08. The number of aryl methyl sites for hydroxylation is 1. The number of aromatic nitrogens is 3. The van der Waals surface area contributed by atoms with Gasteiger partial charge in [-0.05, 0) is 13.3 Å². The van der Waals surface area contributed by atoms with Crippen LogP contribution in [0.15, 0.2) is 17.8 Å². The van der Waals surface area contributed by atoms with Gasteiger partial charge in [-0.25, -0.2) is 0 Å². The molecule has 0 fully saturated rings. The lowest BCUT2D eigenvalue weighted by atomic mass is 10.6. The van der Waals surface area contributed by atoms with E-state index in [2.05, 4.69) is 28.3 Å². The van der Waals surface area contributed by atoms with Crippen molar-refractivity contribution in [1.82, 2.24) is 14.8 Å². The average molecular weight is 197 g/mol. The fourth-order valence-corrected chi connectivity index (χ4v) is 1.85. The fourth-order valence-electron chi connectivity index (χ4n) is 1.00. The van der Waals surface area contributed by atoms with Gasteiger partial charge in [0.25, 0.3) is 0 Å². The monoisotopic (exact) mass is 197 g/mol. The number of rotatable bonds is 5. The molecule has 0 aliphatic carbocycles. The summed E-state index contributed by atoms with van der Waals surface area (Å²) in [6.07, 6.45) is 3.02. The second-order valence-corrected chi connectivity index (χ2v) is 3.84. The Morgan fingerprint density at radius 2 is 2.31 bits per heavy atom. The molecule has 0 aliphatic heterocycles. The third kappa shape index (κ3) is 2.59. The van der Waals surface area contributed by atoms with E-state index in [9.17, 15) is 0 Å². The maximum Gasteiger partial charge on any atom is 0.191 e. The molecule has 0 saturated heterocycles. The molecule has 1 aromatic rings. The van der Waals surface area contributed by atoms with E-state index in [1.165, 1.54) is 0 Å². The third-order valence-corrected chi connectivity index (χ3v) is 2.82. The molecule has 1 aromatic heterocycles. The minimum atomic E-state index is 0.797. The Balaban J connectivity index is 2.74. The summed E-state index contributed by atoms with van der Waals surface area (Å²) in [5.74, 6) is 2.05. The van der Waals surface area contributed by atoms with Crippen molar-refractivity contribution in [3.8, 4) is 0 Å². The first-order valence-electron chi connectivity index (χ1n) is 4.43. The number of allylic oxidation sites excluding steroid dienone is 1. The van der Waals surface area contributed by atoms with Crippen LogP contribution in [0, 0.1) is 6.92 Å². The van der Waals surface area contributed by atoms with Crippen LogP contribution in [-0.2, 0) is 6.54 Å². The highest BCUT2D eigenvalue weighted by Crippen LogP contribution is 2.17. The molecule has 0 saturated carbocycles. The van der Waals surface area contributed by atoms with E-state index in [-0.39, 0.29) is 0 Å². The molecule has 3 nitrogen and oxygen atoms in total. The van der Waals surface area contributed by atoms with Gasteiger partial charge in [0.15, 0.2) is 5.16 Å². The summed E-state index contributed by atoms with van der Waals surface area (Å²) in [5.41, 5.74) is 0. The molecule has 0 unspecified atom stereocenters. The van der Waals surface area contributed by atoms with E-state index >= 15 is 0 Å². The second-order valence-electron chi connectivity index (χ2n) is 2.78. The van der Waals surface area contributed by atoms with Crippen LogP contribution in [-0.4, -0.2) is 20.5 Å². The molecule has 0 amide bonds. The van der Waals surface area contributed by atoms with Crippen LogP contribution in [0.1, 0.15) is 19.2 Å². The van der Waals surface area contributed by atoms with E-state index in [0.29, 0.717) is 0 Å². The molecule has 0 atom stereocenters. The van der Waals surface area contributed by atoms with Gasteiger partial charge in [0.1, 0.15) is 5.82 Å². The lowest BCUT2D eigenvalue weighted by Crippen LogP contribution is -2.00. The molecule has 0 aromatic carbocycles. The molecule has 1 rings (SSSR count). The van der Waals surface area contributed by atoms with Gasteiger partial charge in [0.05, 0.1) is 0 Å². The minimum Gasteiger partial charge on any atom is -0.302 e. The highest BCUT2D eigenvalue weighted by atomic mass is 32.2. The number of thioether (sulfide) groups is 1. The molecule has 13 heavy (non-hydrogen) atoms. The molecular formula is C9H15N3S. The van der Waals surface area contributed by atoms with Crippen molar-refractivity contribution in [3.05, 3.63) is 18.5 Å². The Hall–Kier alpha value is -0.770. The van der Waals surface area contributed by atoms with Gasteiger partial charge in [0, 0.05) is 12.3 Å². The number of hydrogen-bond donors (Lipinski definition) is 0. The Bertz CT molecular complexity index is 280. The van der Waals surface area contributed by atoms with Gasteiger partial charge >= 0.3 is 0 Å². The topological polar surface area (TPSA) is 30.7 Å². The van der Waals surface area contributed by atoms with Crippen molar-refractivity contribution in [1.29, 1.82) is 0 Å². The molecular weight excluding hydrogens is 182 g/mol. The zero-order chi connectivity index (χ0) is 9.68. The van der Waals surface area contributed by atoms with E-state index in [1.807, 2.05) is 13.0 Å². The van der Waals surface area contributed by atoms with E-state index < -0.39 is 0 Å². The van der Waals surface area contributed by atoms with Crippen molar-refractivity contribution in [3.63, 3.8) is 0 Å². The fraction of sp³-hybridized carbons (Fsp3) is 0.556. The molecule has 1 heterocycles. The minimum absolute atomic E-state index is 0.797. The molecule has 0 spiro atoms. The van der Waals surface area contributed by atoms with Crippen LogP contribution in [0.2, 0.25) is 0 Å². The van der Waals surface area contributed by atoms with Crippen LogP contribution >= 0.6 is 11.8 Å². The predicted octanol–water partition coefficient (Wildman–Crippen LogP) is 2.27. The van der Waals surface area contributed by atoms with Crippen LogP contribution in [0.5, 0.6) is 0 Å². The van der Waals surface area contributed by atoms with E-state index in [4.69, 9.17) is 0 Å². The van der Waals surface area contributed by atoms with Gasteiger partial charge in [0.2, 0.25) is 0 Å². The summed E-state index contributed by atoms with van der Waals surface area (Å²) in [6, 6.07) is 0. The average Bonchev–Trinajstić information content (AvgIpc) is 2.46. The van der Waals surface area contributed by atoms with Crippen LogP contribution < -0.4 is 0 Å². The quantitative estimate of drug-likeness (QED) is 0.536. The van der Waals surface area contributed by atoms with Crippen LogP contribution in [0.4, 0.5) is 0 Å². The third-order valence-electron chi connectivity index (χ3n) is 1.65. The Labute approximate surface area is 83.2 Å². The number of hydrogen-bond acceptors (Lipinski definition) is 3. The molecule has 0 bridgehead atoms. The van der Waals surface area contributed by atoms with Crippen LogP contribution in [0.25, 0.3) is 0 Å². The molecule has 72 valence electrons. The standard InChI is InChI=1S/C9H15N3S/c1-4-6-12-8(3)10-11-9(12)13-7-5-2/h4H,1,5-7H2,2-3H3. The second kappa shape index (κ2) is 5.07. The Morgan fingerprint density at radius 3 is 2.92 bits per heavy atom. The first kappa shape index (κ1) is 10.3. The lowest BCUT2D eigenvalue weighted by molar-refractivity contribution is 0.703. The van der Waals surface area contributed by atoms with Crippen LogP contribution in [0.3, 0.4) is 0 Å². The summed E-state index contributed by atoms with van der Waals surface area (Å²) >= 11 is 1.75. The summed E-state index contributed by atoms with van der Waals surface area (Å²) in [5, 5.41) is 9.13. The summed E-state index contributed by atoms with van der Waals surface area (Å²) in [7, 11) is 0. The molecule has 0 radical (unpaired) electrons. The van der Waals surface area contributed by atoms with Crippen molar-refractivity contribution in [2.24, 2.45) is 0 Å². The summed E-state index contributed by atoms with van der Waals surface area (Å²) in [6.45, 7) is 8.63. The largest absolute Gasteiger partial charge is 0.302 e. The molecule has 0 N–H and O–H groups in total. The number of nitrogens with zero attached hydrogens (tertiary/aromatic N) is 3. The smallest absolute Gasteiger partial charge is 0.191 e. The lowest BCUT2D eigenvalue weighted by Gasteiger charge is -2.03. The SMILES string of the molecule is C=CCn1c(C)nnc1SCCC. The van der Waals surface area contributed by atoms with Crippen molar-refractivity contribution < 1.29 is 0 Å². The molecule has 4 heteroatoms. The first-order valence-corrected chi connectivity index (χ1v) is 5.41. The maximum absolute atomic E-state index is 4.10. The zero-order valence-corrected chi connectivity index (χ0v) is 8.97. The van der Waals surface area contributed by atoms with Gasteiger partial charge in [-0.2, -0.15) is 0 Å². The zero-order valence-electron chi connectivity index (χ0n) is 8.16. The Kier molecular flexibility index (Phi) is 4.02. The Morgan fingerprint density at radius 1 is 1.54 bits per heavy atom.